The zero-order valence-electron chi connectivity index (χ0n) is 14.3. The molecule has 0 saturated carbocycles. The first-order valence-electron chi connectivity index (χ1n) is 8.55. The van der Waals surface area contributed by atoms with E-state index in [0.29, 0.717) is 15.8 Å². The van der Waals surface area contributed by atoms with Gasteiger partial charge in [-0.3, -0.25) is 4.79 Å². The molecule has 2 aromatic rings. The summed E-state index contributed by atoms with van der Waals surface area (Å²) in [5, 5.41) is 0.889. The van der Waals surface area contributed by atoms with Crippen LogP contribution in [0.5, 0.6) is 5.75 Å². The van der Waals surface area contributed by atoms with Gasteiger partial charge in [0.15, 0.2) is 6.61 Å². The lowest BCUT2D eigenvalue weighted by atomic mass is 10.1. The maximum Gasteiger partial charge on any atom is 0.261 e. The number of nitrogens with zero attached hydrogens (tertiary/aromatic N) is 2. The minimum absolute atomic E-state index is 0.000766. The molecule has 1 unspecified atom stereocenters. The Morgan fingerprint density at radius 3 is 2.76 bits per heavy atom. The van der Waals surface area contributed by atoms with Crippen LogP contribution in [0.1, 0.15) is 37.4 Å². The van der Waals surface area contributed by atoms with E-state index in [1.54, 1.807) is 18.2 Å². The van der Waals surface area contributed by atoms with Crippen LogP contribution in [0.25, 0.3) is 0 Å². The lowest BCUT2D eigenvalue weighted by Gasteiger charge is -2.30. The van der Waals surface area contributed by atoms with E-state index >= 15 is 0 Å². The number of hydrogen-bond acceptors (Lipinski definition) is 2. The van der Waals surface area contributed by atoms with Crippen molar-refractivity contribution in [1.82, 2.24) is 9.47 Å². The van der Waals surface area contributed by atoms with Gasteiger partial charge in [-0.25, -0.2) is 0 Å². The quantitative estimate of drug-likeness (QED) is 0.759. The van der Waals surface area contributed by atoms with Crippen molar-refractivity contribution in [2.75, 3.05) is 13.2 Å². The first kappa shape index (κ1) is 18.2. The third-order valence-electron chi connectivity index (χ3n) is 4.65. The molecule has 6 heteroatoms. The highest BCUT2D eigenvalue weighted by atomic mass is 35.5. The summed E-state index contributed by atoms with van der Waals surface area (Å²) in [6, 6.07) is 9.24. The second-order valence-electron chi connectivity index (χ2n) is 6.36. The van der Waals surface area contributed by atoms with Gasteiger partial charge in [0.05, 0.1) is 16.1 Å². The van der Waals surface area contributed by atoms with Gasteiger partial charge < -0.3 is 14.2 Å². The molecule has 0 radical (unpaired) electrons. The van der Waals surface area contributed by atoms with Gasteiger partial charge in [-0.15, -0.1) is 0 Å². The molecule has 1 aliphatic rings. The maximum atomic E-state index is 12.8. The van der Waals surface area contributed by atoms with Gasteiger partial charge in [0, 0.05) is 31.5 Å². The number of carbonyl (C=O) groups is 1. The van der Waals surface area contributed by atoms with Crippen LogP contribution in [0.3, 0.4) is 0 Å². The van der Waals surface area contributed by atoms with Crippen molar-refractivity contribution in [3.8, 4) is 5.75 Å². The van der Waals surface area contributed by atoms with Crippen molar-refractivity contribution in [2.45, 2.75) is 31.7 Å². The number of ether oxygens (including phenoxy) is 1. The van der Waals surface area contributed by atoms with E-state index < -0.39 is 0 Å². The molecule has 0 spiro atoms. The third-order valence-corrected chi connectivity index (χ3v) is 5.39. The normalized spacial score (nSPS) is 18.0. The van der Waals surface area contributed by atoms with Gasteiger partial charge in [-0.2, -0.15) is 0 Å². The number of benzene rings is 1. The van der Waals surface area contributed by atoms with E-state index in [0.717, 1.165) is 32.2 Å². The fourth-order valence-corrected chi connectivity index (χ4v) is 3.62. The second kappa shape index (κ2) is 8.15. The molecule has 0 N–H and O–H groups in total. The molecule has 0 bridgehead atoms. The lowest BCUT2D eigenvalue weighted by molar-refractivity contribution is -0.136. The number of carbonyl (C=O) groups excluding carboxylic acids is 1. The van der Waals surface area contributed by atoms with Crippen LogP contribution in [-0.4, -0.2) is 28.5 Å². The predicted molar refractivity (Wildman–Crippen MR) is 100 cm³/mol. The van der Waals surface area contributed by atoms with Crippen molar-refractivity contribution in [2.24, 2.45) is 7.05 Å². The fourth-order valence-electron chi connectivity index (χ4n) is 3.33. The lowest BCUT2D eigenvalue weighted by Crippen LogP contribution is -2.38. The number of hydrogen-bond donors (Lipinski definition) is 0. The van der Waals surface area contributed by atoms with Crippen LogP contribution in [0.15, 0.2) is 36.5 Å². The molecule has 1 aromatic heterocycles. The van der Waals surface area contributed by atoms with Crippen molar-refractivity contribution in [3.05, 3.63) is 52.3 Å². The molecular formula is C19H22Cl2N2O2. The summed E-state index contributed by atoms with van der Waals surface area (Å²) in [5.74, 6) is 0.548. The van der Waals surface area contributed by atoms with E-state index in [1.165, 1.54) is 5.69 Å². The summed E-state index contributed by atoms with van der Waals surface area (Å²) < 4.78 is 7.75. The minimum Gasteiger partial charge on any atom is -0.484 e. The van der Waals surface area contributed by atoms with Crippen molar-refractivity contribution in [1.29, 1.82) is 0 Å². The molecule has 2 heterocycles. The smallest absolute Gasteiger partial charge is 0.261 e. The Morgan fingerprint density at radius 1 is 1.20 bits per heavy atom. The number of aromatic nitrogens is 1. The Hall–Kier alpha value is -1.65. The van der Waals surface area contributed by atoms with Crippen molar-refractivity contribution < 1.29 is 9.53 Å². The van der Waals surface area contributed by atoms with Gasteiger partial charge in [0.25, 0.3) is 5.91 Å². The first-order valence-corrected chi connectivity index (χ1v) is 9.30. The molecule has 3 rings (SSSR count). The molecule has 0 aliphatic carbocycles. The summed E-state index contributed by atoms with van der Waals surface area (Å²) in [7, 11) is 2.02. The highest BCUT2D eigenvalue weighted by Crippen LogP contribution is 2.31. The topological polar surface area (TPSA) is 34.5 Å². The van der Waals surface area contributed by atoms with Crippen LogP contribution < -0.4 is 4.74 Å². The van der Waals surface area contributed by atoms with Crippen LogP contribution in [-0.2, 0) is 11.8 Å². The minimum atomic E-state index is -0.00111. The van der Waals surface area contributed by atoms with Crippen LogP contribution >= 0.6 is 23.2 Å². The standard InChI is InChI=1S/C19H22Cl2N2O2/c1-22-10-5-7-17(22)18-6-3-2-4-11-23(18)19(24)13-25-14-8-9-15(20)16(21)12-14/h5,7-10,12,18H,2-4,6,11,13H2,1H3. The number of likely N-dealkylation sites (tertiary alicyclic amines) is 1. The van der Waals surface area contributed by atoms with Gasteiger partial charge in [-0.1, -0.05) is 36.0 Å². The molecule has 1 saturated heterocycles. The molecule has 25 heavy (non-hydrogen) atoms. The molecule has 134 valence electrons. The Labute approximate surface area is 158 Å². The summed E-state index contributed by atoms with van der Waals surface area (Å²) in [6.45, 7) is 0.762. The van der Waals surface area contributed by atoms with Gasteiger partial charge in [0.1, 0.15) is 5.75 Å². The Bertz CT molecular complexity index is 745. The molecule has 1 aliphatic heterocycles. The third kappa shape index (κ3) is 4.31. The molecule has 1 atom stereocenters. The monoisotopic (exact) mass is 380 g/mol. The number of amides is 1. The largest absolute Gasteiger partial charge is 0.484 e. The fraction of sp³-hybridized carbons (Fsp3) is 0.421. The SMILES string of the molecule is Cn1cccc1C1CCCCCN1C(=O)COc1ccc(Cl)c(Cl)c1. The van der Waals surface area contributed by atoms with Crippen LogP contribution in [0.2, 0.25) is 10.0 Å². The molecule has 1 amide bonds. The second-order valence-corrected chi connectivity index (χ2v) is 7.18. The first-order chi connectivity index (χ1) is 12.1. The van der Waals surface area contributed by atoms with Gasteiger partial charge >= 0.3 is 0 Å². The molecular weight excluding hydrogens is 359 g/mol. The summed E-state index contributed by atoms with van der Waals surface area (Å²) in [4.78, 5) is 14.8. The zero-order valence-corrected chi connectivity index (χ0v) is 15.8. The van der Waals surface area contributed by atoms with Crippen LogP contribution in [0.4, 0.5) is 0 Å². The number of aryl methyl sites for hydroxylation is 1. The predicted octanol–water partition coefficient (Wildman–Crippen LogP) is 4.85. The average molecular weight is 381 g/mol. The van der Waals surface area contributed by atoms with Crippen molar-refractivity contribution >= 4 is 29.1 Å². The highest BCUT2D eigenvalue weighted by molar-refractivity contribution is 6.42. The van der Waals surface area contributed by atoms with Crippen LogP contribution in [0, 0.1) is 0 Å². The molecule has 1 aromatic carbocycles. The van der Waals surface area contributed by atoms with E-state index in [2.05, 4.69) is 10.6 Å². The van der Waals surface area contributed by atoms with E-state index in [1.807, 2.05) is 24.2 Å². The average Bonchev–Trinajstić information content (AvgIpc) is 2.88. The maximum absolute atomic E-state index is 12.8. The van der Waals surface area contributed by atoms with Gasteiger partial charge in [-0.05, 0) is 37.1 Å². The van der Waals surface area contributed by atoms with E-state index in [-0.39, 0.29) is 18.6 Å². The summed E-state index contributed by atoms with van der Waals surface area (Å²) in [6.07, 6.45) is 6.32. The number of halogens is 2. The molecule has 4 nitrogen and oxygen atoms in total. The Kier molecular flexibility index (Phi) is 5.92. The zero-order chi connectivity index (χ0) is 17.8. The Balaban J connectivity index is 1.71. The molecule has 1 fully saturated rings. The van der Waals surface area contributed by atoms with E-state index in [9.17, 15) is 4.79 Å². The highest BCUT2D eigenvalue weighted by Gasteiger charge is 2.28. The summed E-state index contributed by atoms with van der Waals surface area (Å²) >= 11 is 11.9. The van der Waals surface area contributed by atoms with Crippen molar-refractivity contribution in [3.63, 3.8) is 0 Å². The number of rotatable bonds is 4. The van der Waals surface area contributed by atoms with E-state index in [4.69, 9.17) is 27.9 Å². The summed E-state index contributed by atoms with van der Waals surface area (Å²) in [5.41, 5.74) is 1.17. The Morgan fingerprint density at radius 2 is 2.04 bits per heavy atom. The van der Waals surface area contributed by atoms with Gasteiger partial charge in [0.2, 0.25) is 0 Å².